The van der Waals surface area contributed by atoms with Crippen molar-refractivity contribution >= 4 is 29.1 Å². The zero-order chi connectivity index (χ0) is 21.7. The van der Waals surface area contributed by atoms with Gasteiger partial charge in [0.05, 0.1) is 16.4 Å². The molecule has 31 heavy (non-hydrogen) atoms. The third kappa shape index (κ3) is 2.73. The lowest BCUT2D eigenvalue weighted by Crippen LogP contribution is -2.52. The van der Waals surface area contributed by atoms with E-state index in [9.17, 15) is 4.79 Å². The highest BCUT2D eigenvalue weighted by atomic mass is 35.5. The standard InChI is InChI=1S/C25H29Cl2N3O/c1-24(2)15-8-9-25(3,12-15)23(24)28-22(31)20-19-13-4-5-14(10-13)21(19)30(29-20)18-7-6-16(26)11-17(18)27/h6-7,11,13-15,23H,4-5,8-10,12H2,1-3H3,(H,28,31)/t13-,14-,15?,23?,25?/m0/s1. The second kappa shape index (κ2) is 6.51. The molecule has 4 aliphatic rings. The molecule has 1 aromatic heterocycles. The van der Waals surface area contributed by atoms with Gasteiger partial charge in [0.1, 0.15) is 0 Å². The van der Waals surface area contributed by atoms with E-state index in [0.717, 1.165) is 30.5 Å². The number of fused-ring (bicyclic) bond motifs is 7. The van der Waals surface area contributed by atoms with Crippen LogP contribution < -0.4 is 5.32 Å². The second-order valence-corrected chi connectivity index (χ2v) is 12.0. The van der Waals surface area contributed by atoms with Crippen LogP contribution in [0.4, 0.5) is 0 Å². The molecular formula is C25H29Cl2N3O. The molecular weight excluding hydrogens is 429 g/mol. The SMILES string of the molecule is CC12CCC(C1)C(C)(C)C2NC(=O)c1nn(-c2ccc(Cl)cc2Cl)c2c1[C@H]1CC[C@H]2C1. The van der Waals surface area contributed by atoms with Crippen LogP contribution >= 0.6 is 23.2 Å². The molecule has 4 bridgehead atoms. The Morgan fingerprint density at radius 3 is 2.65 bits per heavy atom. The highest BCUT2D eigenvalue weighted by molar-refractivity contribution is 6.35. The van der Waals surface area contributed by atoms with Crippen LogP contribution in [0.15, 0.2) is 18.2 Å². The Balaban J connectivity index is 1.41. The van der Waals surface area contributed by atoms with Crippen molar-refractivity contribution in [1.82, 2.24) is 15.1 Å². The van der Waals surface area contributed by atoms with E-state index in [1.807, 2.05) is 16.8 Å². The maximum atomic E-state index is 13.7. The Bertz CT molecular complexity index is 1100. The number of rotatable bonds is 3. The van der Waals surface area contributed by atoms with Crippen molar-refractivity contribution in [2.45, 2.75) is 77.2 Å². The van der Waals surface area contributed by atoms with Gasteiger partial charge in [-0.05, 0) is 79.4 Å². The number of carbonyl (C=O) groups excluding carboxylic acids is 1. The van der Waals surface area contributed by atoms with Gasteiger partial charge in [0.2, 0.25) is 0 Å². The van der Waals surface area contributed by atoms with Crippen LogP contribution in [-0.2, 0) is 0 Å². The predicted molar refractivity (Wildman–Crippen MR) is 123 cm³/mol. The number of hydrogen-bond donors (Lipinski definition) is 1. The largest absolute Gasteiger partial charge is 0.347 e. The fraction of sp³-hybridized carbons (Fsp3) is 0.600. The first-order valence-electron chi connectivity index (χ1n) is 11.6. The summed E-state index contributed by atoms with van der Waals surface area (Å²) in [4.78, 5) is 13.7. The smallest absolute Gasteiger partial charge is 0.272 e. The van der Waals surface area contributed by atoms with Crippen LogP contribution in [0.3, 0.4) is 0 Å². The molecule has 1 N–H and O–H groups in total. The minimum absolute atomic E-state index is 0.0144. The van der Waals surface area contributed by atoms with E-state index in [1.165, 1.54) is 25.0 Å². The summed E-state index contributed by atoms with van der Waals surface area (Å²) in [5.74, 6) is 1.57. The summed E-state index contributed by atoms with van der Waals surface area (Å²) in [5, 5.41) is 9.52. The van der Waals surface area contributed by atoms with Crippen molar-refractivity contribution in [3.8, 4) is 5.69 Å². The van der Waals surface area contributed by atoms with E-state index in [1.54, 1.807) is 6.07 Å². The maximum Gasteiger partial charge on any atom is 0.272 e. The van der Waals surface area contributed by atoms with Crippen LogP contribution in [0.2, 0.25) is 10.0 Å². The fourth-order valence-corrected chi connectivity index (χ4v) is 8.09. The Morgan fingerprint density at radius 1 is 1.16 bits per heavy atom. The number of nitrogens with zero attached hydrogens (tertiary/aromatic N) is 2. The van der Waals surface area contributed by atoms with Gasteiger partial charge in [-0.15, -0.1) is 0 Å². The van der Waals surface area contributed by atoms with Crippen molar-refractivity contribution in [1.29, 1.82) is 0 Å². The molecule has 164 valence electrons. The number of benzene rings is 1. The quantitative estimate of drug-likeness (QED) is 0.572. The molecule has 1 heterocycles. The van der Waals surface area contributed by atoms with E-state index in [0.29, 0.717) is 33.5 Å². The average Bonchev–Trinajstić information content (AvgIpc) is 3.48. The highest BCUT2D eigenvalue weighted by Gasteiger charge is 2.60. The van der Waals surface area contributed by atoms with Crippen molar-refractivity contribution < 1.29 is 4.79 Å². The lowest BCUT2D eigenvalue weighted by molar-refractivity contribution is 0.0731. The molecule has 3 unspecified atom stereocenters. The molecule has 1 amide bonds. The van der Waals surface area contributed by atoms with Gasteiger partial charge < -0.3 is 5.32 Å². The number of nitrogens with one attached hydrogen (secondary N) is 1. The van der Waals surface area contributed by atoms with Gasteiger partial charge in [-0.2, -0.15) is 5.10 Å². The molecule has 4 nitrogen and oxygen atoms in total. The molecule has 3 fully saturated rings. The molecule has 5 atom stereocenters. The molecule has 0 radical (unpaired) electrons. The van der Waals surface area contributed by atoms with Gasteiger partial charge in [-0.3, -0.25) is 4.79 Å². The van der Waals surface area contributed by atoms with Gasteiger partial charge in [0.25, 0.3) is 5.91 Å². The number of hydrogen-bond acceptors (Lipinski definition) is 2. The van der Waals surface area contributed by atoms with Gasteiger partial charge >= 0.3 is 0 Å². The third-order valence-corrected chi connectivity index (χ3v) is 9.62. The molecule has 6 heteroatoms. The van der Waals surface area contributed by atoms with Crippen LogP contribution in [-0.4, -0.2) is 21.7 Å². The number of halogens is 2. The van der Waals surface area contributed by atoms with E-state index < -0.39 is 0 Å². The summed E-state index contributed by atoms with van der Waals surface area (Å²) in [6.45, 7) is 7.00. The van der Waals surface area contributed by atoms with Gasteiger partial charge in [0, 0.05) is 22.5 Å². The predicted octanol–water partition coefficient (Wildman–Crippen LogP) is 6.49. The average molecular weight is 458 g/mol. The van der Waals surface area contributed by atoms with Crippen LogP contribution in [0.5, 0.6) is 0 Å². The van der Waals surface area contributed by atoms with E-state index >= 15 is 0 Å². The zero-order valence-corrected chi connectivity index (χ0v) is 19.9. The molecule has 2 aromatic rings. The Labute approximate surface area is 193 Å². The summed E-state index contributed by atoms with van der Waals surface area (Å²) < 4.78 is 1.93. The van der Waals surface area contributed by atoms with Gasteiger partial charge in [-0.25, -0.2) is 4.68 Å². The highest BCUT2D eigenvalue weighted by Crippen LogP contribution is 2.62. The van der Waals surface area contributed by atoms with Crippen LogP contribution in [0.25, 0.3) is 5.69 Å². The summed E-state index contributed by atoms with van der Waals surface area (Å²) in [6.07, 6.45) is 7.11. The van der Waals surface area contributed by atoms with Crippen molar-refractivity contribution in [3.63, 3.8) is 0 Å². The third-order valence-electron chi connectivity index (χ3n) is 9.09. The van der Waals surface area contributed by atoms with Gasteiger partial charge in [-0.1, -0.05) is 44.0 Å². The van der Waals surface area contributed by atoms with Crippen molar-refractivity contribution in [2.24, 2.45) is 16.7 Å². The summed E-state index contributed by atoms with van der Waals surface area (Å²) in [7, 11) is 0. The summed E-state index contributed by atoms with van der Waals surface area (Å²) in [5.41, 5.74) is 4.06. The molecule has 1 aromatic carbocycles. The Morgan fingerprint density at radius 2 is 1.94 bits per heavy atom. The lowest BCUT2D eigenvalue weighted by Gasteiger charge is -2.43. The van der Waals surface area contributed by atoms with Crippen LogP contribution in [0, 0.1) is 16.7 Å². The Hall–Kier alpha value is -1.52. The monoisotopic (exact) mass is 457 g/mol. The zero-order valence-electron chi connectivity index (χ0n) is 18.3. The van der Waals surface area contributed by atoms with Crippen molar-refractivity contribution in [2.75, 3.05) is 0 Å². The number of aromatic nitrogens is 2. The molecule has 4 aliphatic carbocycles. The molecule has 0 saturated heterocycles. The van der Waals surface area contributed by atoms with Gasteiger partial charge in [0.15, 0.2) is 5.69 Å². The lowest BCUT2D eigenvalue weighted by atomic mass is 9.68. The first-order chi connectivity index (χ1) is 14.7. The number of amides is 1. The minimum atomic E-state index is -0.0144. The van der Waals surface area contributed by atoms with E-state index in [2.05, 4.69) is 26.1 Å². The fourth-order valence-electron chi connectivity index (χ4n) is 7.60. The summed E-state index contributed by atoms with van der Waals surface area (Å²) in [6, 6.07) is 5.68. The second-order valence-electron chi connectivity index (χ2n) is 11.2. The first kappa shape index (κ1) is 20.1. The first-order valence-corrected chi connectivity index (χ1v) is 12.3. The topological polar surface area (TPSA) is 46.9 Å². The molecule has 6 rings (SSSR count). The molecule has 0 spiro atoms. The van der Waals surface area contributed by atoms with E-state index in [-0.39, 0.29) is 22.8 Å². The summed E-state index contributed by atoms with van der Waals surface area (Å²) >= 11 is 12.7. The van der Waals surface area contributed by atoms with Crippen molar-refractivity contribution in [3.05, 3.63) is 45.2 Å². The molecule has 3 saturated carbocycles. The minimum Gasteiger partial charge on any atom is -0.347 e. The Kier molecular flexibility index (Phi) is 4.22. The normalized spacial score (nSPS) is 34.4. The maximum absolute atomic E-state index is 13.7. The number of carbonyl (C=O) groups is 1. The molecule has 0 aliphatic heterocycles. The van der Waals surface area contributed by atoms with Crippen LogP contribution in [0.1, 0.15) is 92.9 Å². The van der Waals surface area contributed by atoms with E-state index in [4.69, 9.17) is 28.3 Å².